The van der Waals surface area contributed by atoms with Crippen LogP contribution in [0.5, 0.6) is 0 Å². The molecule has 1 aliphatic carbocycles. The standard InChI is InChI=1S/C47H39N/c1-32-14-3-4-15-34(28-27-33(2)30-32)46-41-18-5-7-20-43(41)47(44-21-8-6-19-42(44)46)40-25-13-23-38-37(22-12-24-39(38)40)35-16-11-17-36(31-35)45-26-9-10-29-48-45/h3,5-14,16-31,33-34H,4,15H2,1-2H3/b14-3-,28-27-,32-30-. The van der Waals surface area contributed by atoms with Gasteiger partial charge in [-0.3, -0.25) is 4.98 Å². The Morgan fingerprint density at radius 3 is 1.94 bits per heavy atom. The molecule has 0 bridgehead atoms. The van der Waals surface area contributed by atoms with Gasteiger partial charge in [0.1, 0.15) is 0 Å². The number of aromatic nitrogens is 1. The molecule has 0 amide bonds. The molecule has 2 unspecified atom stereocenters. The van der Waals surface area contributed by atoms with Gasteiger partial charge in [-0.25, -0.2) is 0 Å². The van der Waals surface area contributed by atoms with Crippen LogP contribution in [0.2, 0.25) is 0 Å². The van der Waals surface area contributed by atoms with Crippen LogP contribution >= 0.6 is 0 Å². The highest BCUT2D eigenvalue weighted by Gasteiger charge is 2.21. The van der Waals surface area contributed by atoms with Crippen molar-refractivity contribution in [2.45, 2.75) is 32.6 Å². The van der Waals surface area contributed by atoms with Gasteiger partial charge in [-0.1, -0.05) is 152 Å². The van der Waals surface area contributed by atoms with Crippen molar-refractivity contribution in [3.63, 3.8) is 0 Å². The highest BCUT2D eigenvalue weighted by Crippen LogP contribution is 2.46. The molecule has 0 saturated carbocycles. The van der Waals surface area contributed by atoms with Gasteiger partial charge in [0, 0.05) is 17.7 Å². The Bertz CT molecular complexity index is 2320. The first-order valence-electron chi connectivity index (χ1n) is 17.2. The van der Waals surface area contributed by atoms with Crippen LogP contribution in [0.3, 0.4) is 0 Å². The lowest BCUT2D eigenvalue weighted by Gasteiger charge is -2.23. The lowest BCUT2D eigenvalue weighted by molar-refractivity contribution is 0.749. The molecular formula is C47H39N. The molecule has 0 N–H and O–H groups in total. The van der Waals surface area contributed by atoms with Crippen LogP contribution in [0.15, 0.2) is 170 Å². The molecule has 1 aromatic heterocycles. The second-order valence-corrected chi connectivity index (χ2v) is 13.1. The molecule has 0 radical (unpaired) electrons. The fourth-order valence-electron chi connectivity index (χ4n) is 7.73. The minimum atomic E-state index is 0.318. The lowest BCUT2D eigenvalue weighted by atomic mass is 9.80. The van der Waals surface area contributed by atoms with E-state index in [-0.39, 0.29) is 0 Å². The van der Waals surface area contributed by atoms with Crippen molar-refractivity contribution in [1.29, 1.82) is 0 Å². The normalized spacial score (nSPS) is 19.2. The Morgan fingerprint density at radius 2 is 1.21 bits per heavy atom. The number of rotatable bonds is 4. The van der Waals surface area contributed by atoms with Crippen molar-refractivity contribution in [2.75, 3.05) is 0 Å². The summed E-state index contributed by atoms with van der Waals surface area (Å²) in [7, 11) is 0. The van der Waals surface area contributed by atoms with Gasteiger partial charge in [0.25, 0.3) is 0 Å². The highest BCUT2D eigenvalue weighted by atomic mass is 14.7. The van der Waals surface area contributed by atoms with Crippen LogP contribution in [0.25, 0.3) is 65.8 Å². The van der Waals surface area contributed by atoms with E-state index in [1.165, 1.54) is 65.7 Å². The average Bonchev–Trinajstić information content (AvgIpc) is 3.13. The Hall–Kier alpha value is -5.53. The van der Waals surface area contributed by atoms with Gasteiger partial charge in [0.05, 0.1) is 5.69 Å². The van der Waals surface area contributed by atoms with E-state index in [1.807, 2.05) is 18.3 Å². The van der Waals surface area contributed by atoms with Crippen LogP contribution < -0.4 is 0 Å². The molecular weight excluding hydrogens is 579 g/mol. The molecule has 6 aromatic carbocycles. The molecule has 0 aliphatic heterocycles. The molecule has 1 heteroatoms. The lowest BCUT2D eigenvalue weighted by Crippen LogP contribution is -2.01. The summed E-state index contributed by atoms with van der Waals surface area (Å²) < 4.78 is 0. The van der Waals surface area contributed by atoms with Gasteiger partial charge >= 0.3 is 0 Å². The number of benzene rings is 6. The SMILES string of the molecule is CC1=C/C(C)/C=C\C(c2c3ccccc3c(-c3cccc4c(-c5cccc(-c6ccccn6)c5)cccc34)c3ccccc23)CC/C=C\1. The molecule has 1 heterocycles. The van der Waals surface area contributed by atoms with Gasteiger partial charge in [-0.2, -0.15) is 0 Å². The molecule has 1 aliphatic rings. The maximum Gasteiger partial charge on any atom is 0.0702 e. The van der Waals surface area contributed by atoms with E-state index >= 15 is 0 Å². The summed E-state index contributed by atoms with van der Waals surface area (Å²) in [5, 5.41) is 7.83. The number of fused-ring (bicyclic) bond motifs is 3. The van der Waals surface area contributed by atoms with Crippen LogP contribution in [0.1, 0.15) is 38.2 Å². The summed E-state index contributed by atoms with van der Waals surface area (Å²) >= 11 is 0. The predicted molar refractivity (Wildman–Crippen MR) is 206 cm³/mol. The number of hydrogen-bond donors (Lipinski definition) is 0. The van der Waals surface area contributed by atoms with E-state index in [2.05, 4.69) is 164 Å². The van der Waals surface area contributed by atoms with Gasteiger partial charge in [0.2, 0.25) is 0 Å². The molecule has 1 nitrogen and oxygen atoms in total. The number of hydrogen-bond acceptors (Lipinski definition) is 1. The Balaban J connectivity index is 1.34. The zero-order chi connectivity index (χ0) is 32.5. The highest BCUT2D eigenvalue weighted by molar-refractivity contribution is 6.19. The summed E-state index contributed by atoms with van der Waals surface area (Å²) in [5.41, 5.74) is 9.90. The Morgan fingerprint density at radius 1 is 0.583 bits per heavy atom. The maximum atomic E-state index is 4.61. The average molecular weight is 618 g/mol. The first-order chi connectivity index (χ1) is 23.7. The van der Waals surface area contributed by atoms with E-state index in [1.54, 1.807) is 0 Å². The minimum Gasteiger partial charge on any atom is -0.256 e. The van der Waals surface area contributed by atoms with E-state index in [9.17, 15) is 0 Å². The van der Waals surface area contributed by atoms with E-state index < -0.39 is 0 Å². The van der Waals surface area contributed by atoms with Crippen LogP contribution in [-0.4, -0.2) is 4.98 Å². The predicted octanol–water partition coefficient (Wildman–Crippen LogP) is 13.1. The first kappa shape index (κ1) is 29.8. The van der Waals surface area contributed by atoms with Gasteiger partial charge in [-0.05, 0) is 104 Å². The third-order valence-corrected chi connectivity index (χ3v) is 9.87. The number of nitrogens with zero attached hydrogens (tertiary/aromatic N) is 1. The second-order valence-electron chi connectivity index (χ2n) is 13.1. The van der Waals surface area contributed by atoms with Crippen molar-refractivity contribution < 1.29 is 0 Å². The molecule has 8 rings (SSSR count). The van der Waals surface area contributed by atoms with Crippen LogP contribution in [0.4, 0.5) is 0 Å². The fraction of sp³-hybridized carbons (Fsp3) is 0.128. The molecule has 232 valence electrons. The zero-order valence-electron chi connectivity index (χ0n) is 27.6. The van der Waals surface area contributed by atoms with Gasteiger partial charge in [-0.15, -0.1) is 0 Å². The summed E-state index contributed by atoms with van der Waals surface area (Å²) in [4.78, 5) is 4.61. The van der Waals surface area contributed by atoms with Gasteiger partial charge in [0.15, 0.2) is 0 Å². The quantitative estimate of drug-likeness (QED) is 0.141. The summed E-state index contributed by atoms with van der Waals surface area (Å²) in [5.74, 6) is 0.708. The Kier molecular flexibility index (Phi) is 8.04. The molecule has 0 fully saturated rings. The monoisotopic (exact) mass is 617 g/mol. The second kappa shape index (κ2) is 12.9. The molecule has 2 atom stereocenters. The summed E-state index contributed by atoms with van der Waals surface area (Å²) in [6.07, 6.45) is 15.9. The molecule has 7 aromatic rings. The van der Waals surface area contributed by atoms with Crippen molar-refractivity contribution in [3.05, 3.63) is 175 Å². The minimum absolute atomic E-state index is 0.318. The third-order valence-electron chi connectivity index (χ3n) is 9.87. The number of pyridine rings is 1. The maximum absolute atomic E-state index is 4.61. The van der Waals surface area contributed by atoms with E-state index in [0.717, 1.165) is 24.1 Å². The van der Waals surface area contributed by atoms with E-state index in [0.29, 0.717) is 11.8 Å². The first-order valence-corrected chi connectivity index (χ1v) is 17.2. The van der Waals surface area contributed by atoms with Crippen LogP contribution in [0, 0.1) is 5.92 Å². The van der Waals surface area contributed by atoms with Crippen molar-refractivity contribution >= 4 is 32.3 Å². The molecule has 0 saturated heterocycles. The van der Waals surface area contributed by atoms with Gasteiger partial charge < -0.3 is 0 Å². The molecule has 0 spiro atoms. The Labute approximate surface area is 283 Å². The number of allylic oxidation sites excluding steroid dienone is 6. The van der Waals surface area contributed by atoms with Crippen molar-refractivity contribution in [3.8, 4) is 33.5 Å². The molecule has 48 heavy (non-hydrogen) atoms. The summed E-state index contributed by atoms with van der Waals surface area (Å²) in [6, 6.07) is 46.6. The third kappa shape index (κ3) is 5.56. The largest absolute Gasteiger partial charge is 0.256 e. The summed E-state index contributed by atoms with van der Waals surface area (Å²) in [6.45, 7) is 4.49. The van der Waals surface area contributed by atoms with Crippen LogP contribution in [-0.2, 0) is 0 Å². The van der Waals surface area contributed by atoms with E-state index in [4.69, 9.17) is 0 Å². The van der Waals surface area contributed by atoms with Crippen molar-refractivity contribution in [1.82, 2.24) is 4.98 Å². The van der Waals surface area contributed by atoms with Crippen molar-refractivity contribution in [2.24, 2.45) is 5.92 Å². The smallest absolute Gasteiger partial charge is 0.0702 e. The topological polar surface area (TPSA) is 12.9 Å². The fourth-order valence-corrected chi connectivity index (χ4v) is 7.73. The zero-order valence-corrected chi connectivity index (χ0v) is 27.6.